The lowest BCUT2D eigenvalue weighted by atomic mass is 10.0. The lowest BCUT2D eigenvalue weighted by Gasteiger charge is -2.37. The Morgan fingerprint density at radius 3 is 1.09 bits per heavy atom. The second kappa shape index (κ2) is 9.05. The number of para-hydroxylation sites is 3. The summed E-state index contributed by atoms with van der Waals surface area (Å²) in [6.07, 6.45) is 0. The van der Waals surface area contributed by atoms with Gasteiger partial charge < -0.3 is 0 Å². The van der Waals surface area contributed by atoms with Crippen molar-refractivity contribution in [3.8, 4) is 11.1 Å². The van der Waals surface area contributed by atoms with E-state index in [1.165, 1.54) is 33.8 Å². The van der Waals surface area contributed by atoms with Gasteiger partial charge in [-0.25, -0.2) is 4.48 Å². The molecule has 0 amide bonds. The lowest BCUT2D eigenvalue weighted by molar-refractivity contribution is 0.512. The summed E-state index contributed by atoms with van der Waals surface area (Å²) in [7, 11) is 0. The van der Waals surface area contributed by atoms with Crippen molar-refractivity contribution >= 4 is 17.1 Å². The first-order valence-electron chi connectivity index (χ1n) is 11.1. The van der Waals surface area contributed by atoms with Crippen molar-refractivity contribution in [1.29, 1.82) is 0 Å². The Morgan fingerprint density at radius 2 is 0.688 bits per heavy atom. The second-order valence-corrected chi connectivity index (χ2v) is 8.04. The van der Waals surface area contributed by atoms with Gasteiger partial charge in [0.2, 0.25) is 0 Å². The minimum Gasteiger partial charge on any atom is -0.223 e. The summed E-state index contributed by atoms with van der Waals surface area (Å²) >= 11 is 0. The van der Waals surface area contributed by atoms with Gasteiger partial charge in [-0.2, -0.15) is 0 Å². The molecule has 1 nitrogen and oxygen atoms in total. The van der Waals surface area contributed by atoms with Gasteiger partial charge in [0, 0.05) is 5.56 Å². The van der Waals surface area contributed by atoms with E-state index in [2.05, 4.69) is 146 Å². The van der Waals surface area contributed by atoms with E-state index < -0.39 is 0 Å². The third-order valence-corrected chi connectivity index (χ3v) is 6.07. The maximum Gasteiger partial charge on any atom is 0.143 e. The maximum absolute atomic E-state index is 2.27. The molecule has 0 unspecified atom stereocenters. The van der Waals surface area contributed by atoms with Crippen LogP contribution in [0.2, 0.25) is 0 Å². The van der Waals surface area contributed by atoms with Crippen LogP contribution in [0, 0.1) is 0 Å². The number of quaternary nitrogens is 1. The standard InChI is InChI=1S/C31H26N/c1-5-13-27(14-6-1)28-23-21-26(22-24-28)25-32(29-15-7-2-8-16-29,30-17-9-3-10-18-30)31-19-11-4-12-20-31/h1-24H,25H2/q+1. The summed E-state index contributed by atoms with van der Waals surface area (Å²) in [5.41, 5.74) is 7.52. The molecule has 32 heavy (non-hydrogen) atoms. The largest absolute Gasteiger partial charge is 0.223 e. The number of rotatable bonds is 6. The zero-order valence-corrected chi connectivity index (χ0v) is 18.0. The Morgan fingerprint density at radius 1 is 0.344 bits per heavy atom. The predicted octanol–water partition coefficient (Wildman–Crippen LogP) is 8.52. The highest BCUT2D eigenvalue weighted by molar-refractivity contribution is 5.71. The molecule has 0 atom stereocenters. The van der Waals surface area contributed by atoms with Crippen LogP contribution in [0.25, 0.3) is 11.1 Å². The Labute approximate surface area is 190 Å². The molecular formula is C31H26N+. The van der Waals surface area contributed by atoms with Crippen LogP contribution in [0.4, 0.5) is 17.1 Å². The van der Waals surface area contributed by atoms with E-state index in [0.29, 0.717) is 4.48 Å². The van der Waals surface area contributed by atoms with E-state index in [4.69, 9.17) is 0 Å². The molecule has 0 N–H and O–H groups in total. The molecule has 0 aliphatic heterocycles. The van der Waals surface area contributed by atoms with Gasteiger partial charge in [0.15, 0.2) is 0 Å². The first-order chi connectivity index (χ1) is 15.9. The molecule has 5 rings (SSSR count). The average Bonchev–Trinajstić information content (AvgIpc) is 2.90. The fraction of sp³-hybridized carbons (Fsp3) is 0.0323. The van der Waals surface area contributed by atoms with Crippen LogP contribution in [0.5, 0.6) is 0 Å². The van der Waals surface area contributed by atoms with Gasteiger partial charge in [-0.1, -0.05) is 109 Å². The molecule has 0 aromatic heterocycles. The molecule has 5 aromatic carbocycles. The van der Waals surface area contributed by atoms with Crippen LogP contribution in [0.1, 0.15) is 5.56 Å². The molecule has 0 saturated heterocycles. The van der Waals surface area contributed by atoms with E-state index in [9.17, 15) is 0 Å². The average molecular weight is 413 g/mol. The van der Waals surface area contributed by atoms with E-state index in [-0.39, 0.29) is 0 Å². The third kappa shape index (κ3) is 3.87. The third-order valence-electron chi connectivity index (χ3n) is 6.07. The summed E-state index contributed by atoms with van der Waals surface area (Å²) in [5, 5.41) is 0. The first kappa shape index (κ1) is 20.0. The van der Waals surface area contributed by atoms with Crippen molar-refractivity contribution in [2.75, 3.05) is 0 Å². The van der Waals surface area contributed by atoms with Crippen molar-refractivity contribution in [3.63, 3.8) is 0 Å². The highest BCUT2D eigenvalue weighted by Gasteiger charge is 2.36. The highest BCUT2D eigenvalue weighted by Crippen LogP contribution is 2.45. The quantitative estimate of drug-likeness (QED) is 0.245. The van der Waals surface area contributed by atoms with Gasteiger partial charge in [-0.15, -0.1) is 0 Å². The lowest BCUT2D eigenvalue weighted by Crippen LogP contribution is -2.38. The van der Waals surface area contributed by atoms with Gasteiger partial charge in [0.05, 0.1) is 0 Å². The smallest absolute Gasteiger partial charge is 0.143 e. The van der Waals surface area contributed by atoms with Gasteiger partial charge >= 0.3 is 0 Å². The molecule has 0 saturated carbocycles. The minimum absolute atomic E-state index is 0.632. The molecular weight excluding hydrogens is 386 g/mol. The van der Waals surface area contributed by atoms with Gasteiger partial charge in [-0.3, -0.25) is 0 Å². The molecule has 0 heterocycles. The maximum atomic E-state index is 2.27. The van der Waals surface area contributed by atoms with Crippen molar-refractivity contribution < 1.29 is 0 Å². The second-order valence-electron chi connectivity index (χ2n) is 8.04. The van der Waals surface area contributed by atoms with Crippen LogP contribution in [0.15, 0.2) is 146 Å². The molecule has 1 heteroatoms. The Bertz CT molecular complexity index is 1150. The molecule has 0 aliphatic rings. The van der Waals surface area contributed by atoms with Crippen molar-refractivity contribution in [2.45, 2.75) is 6.54 Å². The molecule has 154 valence electrons. The van der Waals surface area contributed by atoms with Crippen LogP contribution in [-0.4, -0.2) is 0 Å². The van der Waals surface area contributed by atoms with E-state index in [0.717, 1.165) is 6.54 Å². The van der Waals surface area contributed by atoms with Gasteiger partial charge in [-0.05, 0) is 47.5 Å². The number of benzene rings is 5. The van der Waals surface area contributed by atoms with Crippen molar-refractivity contribution in [3.05, 3.63) is 151 Å². The summed E-state index contributed by atoms with van der Waals surface area (Å²) in [5.74, 6) is 0. The molecule has 0 bridgehead atoms. The summed E-state index contributed by atoms with van der Waals surface area (Å²) in [6, 6.07) is 52.0. The van der Waals surface area contributed by atoms with E-state index >= 15 is 0 Å². The highest BCUT2D eigenvalue weighted by atomic mass is 15.4. The van der Waals surface area contributed by atoms with E-state index in [1.54, 1.807) is 0 Å². The van der Waals surface area contributed by atoms with Crippen LogP contribution in [0.3, 0.4) is 0 Å². The fourth-order valence-electron chi connectivity index (χ4n) is 4.48. The number of hydrogen-bond donors (Lipinski definition) is 0. The predicted molar refractivity (Wildman–Crippen MR) is 136 cm³/mol. The Balaban J connectivity index is 1.65. The molecule has 0 radical (unpaired) electrons. The zero-order chi connectivity index (χ0) is 21.6. The SMILES string of the molecule is c1ccc(-c2ccc(C[N+](c3ccccc3)(c3ccccc3)c3ccccc3)cc2)cc1. The Kier molecular flexibility index (Phi) is 5.65. The van der Waals surface area contributed by atoms with E-state index in [1.807, 2.05) is 0 Å². The van der Waals surface area contributed by atoms with Crippen molar-refractivity contribution in [1.82, 2.24) is 4.48 Å². The summed E-state index contributed by atoms with van der Waals surface area (Å²) < 4.78 is 0.632. The fourth-order valence-corrected chi connectivity index (χ4v) is 4.48. The molecule has 5 aromatic rings. The topological polar surface area (TPSA) is 0 Å². The monoisotopic (exact) mass is 412 g/mol. The minimum atomic E-state index is 0.632. The van der Waals surface area contributed by atoms with Gasteiger partial charge in [0.1, 0.15) is 23.6 Å². The number of hydrogen-bond acceptors (Lipinski definition) is 0. The Hall–Kier alpha value is -3.94. The summed E-state index contributed by atoms with van der Waals surface area (Å²) in [4.78, 5) is 0. The first-order valence-corrected chi connectivity index (χ1v) is 11.1. The van der Waals surface area contributed by atoms with Crippen LogP contribution < -0.4 is 4.48 Å². The molecule has 0 spiro atoms. The van der Waals surface area contributed by atoms with Crippen LogP contribution in [-0.2, 0) is 6.54 Å². The van der Waals surface area contributed by atoms with Gasteiger partial charge in [0.25, 0.3) is 0 Å². The van der Waals surface area contributed by atoms with Crippen molar-refractivity contribution in [2.24, 2.45) is 0 Å². The molecule has 0 aliphatic carbocycles. The zero-order valence-electron chi connectivity index (χ0n) is 18.0. The van der Waals surface area contributed by atoms with Crippen LogP contribution >= 0.6 is 0 Å². The normalized spacial score (nSPS) is 11.2. The summed E-state index contributed by atoms with van der Waals surface area (Å²) in [6.45, 7) is 0.826. The number of nitrogens with zero attached hydrogens (tertiary/aromatic N) is 1. The molecule has 0 fully saturated rings.